The molecule has 29 heavy (non-hydrogen) atoms. The molecule has 4 heterocycles. The molecule has 7 nitrogen and oxygen atoms in total. The molecule has 3 saturated heterocycles. The first-order valence-corrected chi connectivity index (χ1v) is 10.9. The number of aromatic nitrogens is 1. The molecule has 0 radical (unpaired) electrons. The van der Waals surface area contributed by atoms with Gasteiger partial charge in [0.15, 0.2) is 5.69 Å². The summed E-state index contributed by atoms with van der Waals surface area (Å²) in [6.07, 6.45) is 5.19. The van der Waals surface area contributed by atoms with E-state index in [1.54, 1.807) is 6.07 Å². The molecule has 3 aliphatic heterocycles. The van der Waals surface area contributed by atoms with Gasteiger partial charge in [-0.15, -0.1) is 0 Å². The van der Waals surface area contributed by atoms with Crippen molar-refractivity contribution in [3.8, 4) is 0 Å². The molecule has 1 aromatic rings. The number of aryl methyl sites for hydroxylation is 1. The number of ether oxygens (including phenoxy) is 2. The zero-order valence-corrected chi connectivity index (χ0v) is 18.1. The van der Waals surface area contributed by atoms with E-state index in [-0.39, 0.29) is 29.1 Å². The summed E-state index contributed by atoms with van der Waals surface area (Å²) in [6, 6.07) is 1.75. The zero-order valence-electron chi connectivity index (χ0n) is 18.1. The predicted octanol–water partition coefficient (Wildman–Crippen LogP) is 2.96. The quantitative estimate of drug-likeness (QED) is 0.828. The van der Waals surface area contributed by atoms with Gasteiger partial charge in [0.1, 0.15) is 5.76 Å². The van der Waals surface area contributed by atoms with Gasteiger partial charge >= 0.3 is 0 Å². The van der Waals surface area contributed by atoms with Gasteiger partial charge in [0.05, 0.1) is 30.0 Å². The second-order valence-corrected chi connectivity index (χ2v) is 9.94. The third-order valence-electron chi connectivity index (χ3n) is 7.23. The van der Waals surface area contributed by atoms with Gasteiger partial charge in [-0.25, -0.2) is 0 Å². The maximum absolute atomic E-state index is 12.7. The summed E-state index contributed by atoms with van der Waals surface area (Å²) < 4.78 is 17.7. The monoisotopic (exact) mass is 406 g/mol. The van der Waals surface area contributed by atoms with Gasteiger partial charge in [-0.2, -0.15) is 0 Å². The summed E-state index contributed by atoms with van der Waals surface area (Å²) >= 11 is 0. The molecule has 3 aliphatic rings. The Hall–Kier alpha value is -1.44. The van der Waals surface area contributed by atoms with Crippen LogP contribution in [0.15, 0.2) is 10.6 Å². The van der Waals surface area contributed by atoms with E-state index in [2.05, 4.69) is 12.1 Å². The number of hydrogen-bond acceptors (Lipinski definition) is 6. The Balaban J connectivity index is 1.34. The van der Waals surface area contributed by atoms with Crippen LogP contribution in [0.1, 0.15) is 76.0 Å². The molecule has 7 heteroatoms. The van der Waals surface area contributed by atoms with E-state index in [0.29, 0.717) is 18.8 Å². The Morgan fingerprint density at radius 1 is 1.34 bits per heavy atom. The molecule has 0 unspecified atom stereocenters. The minimum atomic E-state index is -0.835. The van der Waals surface area contributed by atoms with Crippen LogP contribution < -0.4 is 0 Å². The molecule has 0 bridgehead atoms. The van der Waals surface area contributed by atoms with Crippen molar-refractivity contribution in [1.82, 2.24) is 10.1 Å². The van der Waals surface area contributed by atoms with Crippen LogP contribution in [-0.2, 0) is 15.9 Å². The van der Waals surface area contributed by atoms with Gasteiger partial charge in [-0.1, -0.05) is 12.1 Å². The number of carbonyl (C=O) groups is 1. The molecular weight excluding hydrogens is 372 g/mol. The van der Waals surface area contributed by atoms with E-state index in [1.807, 2.05) is 25.7 Å². The highest BCUT2D eigenvalue weighted by Crippen LogP contribution is 2.49. The fraction of sp³-hybridized carbons (Fsp3) is 0.818. The Morgan fingerprint density at radius 2 is 2.07 bits per heavy atom. The van der Waals surface area contributed by atoms with E-state index in [1.165, 1.54) is 0 Å². The topological polar surface area (TPSA) is 85.0 Å². The molecule has 1 aromatic heterocycles. The largest absolute Gasteiger partial charge is 0.388 e. The lowest BCUT2D eigenvalue weighted by atomic mass is 9.74. The standard InChI is InChI=1S/C22H34N2O5/c1-5-15-12-16(23-29-15)19(25)24-10-8-22(9-11-24)13-18(27-14-22)21(4)7-6-17(28-21)20(2,3)26/h12,17-18,26H,5-11,13-14H2,1-4H3/t17-,18-,21+/m0/s1. The first-order valence-electron chi connectivity index (χ1n) is 10.9. The second kappa shape index (κ2) is 7.36. The molecule has 4 rings (SSSR count). The summed E-state index contributed by atoms with van der Waals surface area (Å²) in [5, 5.41) is 14.2. The Labute approximate surface area is 172 Å². The fourth-order valence-corrected chi connectivity index (χ4v) is 5.05. The van der Waals surface area contributed by atoms with E-state index in [9.17, 15) is 9.90 Å². The lowest BCUT2D eigenvalue weighted by Crippen LogP contribution is -2.45. The fourth-order valence-electron chi connectivity index (χ4n) is 5.05. The maximum Gasteiger partial charge on any atom is 0.276 e. The predicted molar refractivity (Wildman–Crippen MR) is 107 cm³/mol. The third kappa shape index (κ3) is 3.97. The minimum Gasteiger partial charge on any atom is -0.388 e. The first-order chi connectivity index (χ1) is 13.6. The van der Waals surface area contributed by atoms with E-state index < -0.39 is 5.60 Å². The molecule has 0 aliphatic carbocycles. The molecular formula is C22H34N2O5. The highest BCUT2D eigenvalue weighted by molar-refractivity contribution is 5.92. The van der Waals surface area contributed by atoms with Gasteiger partial charge in [0, 0.05) is 25.6 Å². The summed E-state index contributed by atoms with van der Waals surface area (Å²) in [5.74, 6) is 0.695. The zero-order chi connectivity index (χ0) is 20.9. The third-order valence-corrected chi connectivity index (χ3v) is 7.23. The van der Waals surface area contributed by atoms with E-state index in [0.717, 1.165) is 50.9 Å². The normalized spacial score (nSPS) is 32.2. The number of piperidine rings is 1. The van der Waals surface area contributed by atoms with Crippen LogP contribution >= 0.6 is 0 Å². The molecule has 3 atom stereocenters. The van der Waals surface area contributed by atoms with Gasteiger partial charge in [-0.3, -0.25) is 4.79 Å². The number of hydrogen-bond donors (Lipinski definition) is 1. The maximum atomic E-state index is 12.7. The number of carbonyl (C=O) groups excluding carboxylic acids is 1. The Bertz CT molecular complexity index is 747. The Morgan fingerprint density at radius 3 is 2.66 bits per heavy atom. The van der Waals surface area contributed by atoms with Crippen molar-refractivity contribution >= 4 is 5.91 Å². The van der Waals surface area contributed by atoms with Crippen LogP contribution in [0.3, 0.4) is 0 Å². The van der Waals surface area contributed by atoms with Gasteiger partial charge in [0.2, 0.25) is 0 Å². The molecule has 0 aromatic carbocycles. The van der Waals surface area contributed by atoms with Crippen molar-refractivity contribution in [2.24, 2.45) is 5.41 Å². The first kappa shape index (κ1) is 20.8. The lowest BCUT2D eigenvalue weighted by molar-refractivity contribution is -0.155. The smallest absolute Gasteiger partial charge is 0.276 e. The van der Waals surface area contributed by atoms with E-state index >= 15 is 0 Å². The van der Waals surface area contributed by atoms with Gasteiger partial charge in [0.25, 0.3) is 5.91 Å². The average molecular weight is 407 g/mol. The van der Waals surface area contributed by atoms with Crippen LogP contribution in [0.25, 0.3) is 0 Å². The molecule has 1 N–H and O–H groups in total. The minimum absolute atomic E-state index is 0.0414. The van der Waals surface area contributed by atoms with Crippen LogP contribution in [0.4, 0.5) is 0 Å². The second-order valence-electron chi connectivity index (χ2n) is 9.94. The Kier molecular flexibility index (Phi) is 5.28. The number of amides is 1. The van der Waals surface area contributed by atoms with Crippen molar-refractivity contribution in [2.45, 2.75) is 89.6 Å². The highest BCUT2D eigenvalue weighted by atomic mass is 16.6. The van der Waals surface area contributed by atoms with Gasteiger partial charge < -0.3 is 24.0 Å². The summed E-state index contributed by atoms with van der Waals surface area (Å²) in [4.78, 5) is 14.6. The lowest BCUT2D eigenvalue weighted by Gasteiger charge is -2.39. The highest BCUT2D eigenvalue weighted by Gasteiger charge is 2.53. The summed E-state index contributed by atoms with van der Waals surface area (Å²) in [6.45, 7) is 9.87. The van der Waals surface area contributed by atoms with Gasteiger partial charge in [-0.05, 0) is 58.3 Å². The van der Waals surface area contributed by atoms with E-state index in [4.69, 9.17) is 14.0 Å². The van der Waals surface area contributed by atoms with Crippen LogP contribution in [0, 0.1) is 5.41 Å². The van der Waals surface area contributed by atoms with Crippen LogP contribution in [0.5, 0.6) is 0 Å². The van der Waals surface area contributed by atoms with Crippen molar-refractivity contribution < 1.29 is 23.9 Å². The SMILES string of the molecule is CCc1cc(C(=O)N2CCC3(CC2)CO[C@H]([C@@]2(C)CC[C@@H](C(C)(C)O)O2)C3)no1. The average Bonchev–Trinajstić information content (AvgIpc) is 3.40. The number of rotatable bonds is 4. The van der Waals surface area contributed by atoms with Crippen molar-refractivity contribution in [3.63, 3.8) is 0 Å². The van der Waals surface area contributed by atoms with Crippen molar-refractivity contribution in [3.05, 3.63) is 17.5 Å². The molecule has 0 saturated carbocycles. The molecule has 1 spiro atoms. The van der Waals surface area contributed by atoms with Crippen LogP contribution in [0.2, 0.25) is 0 Å². The van der Waals surface area contributed by atoms with Crippen LogP contribution in [-0.4, -0.2) is 64.2 Å². The van der Waals surface area contributed by atoms with Crippen molar-refractivity contribution in [1.29, 1.82) is 0 Å². The molecule has 162 valence electrons. The number of likely N-dealkylation sites (tertiary alicyclic amines) is 1. The number of aliphatic hydroxyl groups is 1. The molecule has 3 fully saturated rings. The summed E-state index contributed by atoms with van der Waals surface area (Å²) in [7, 11) is 0. The number of nitrogens with zero attached hydrogens (tertiary/aromatic N) is 2. The summed E-state index contributed by atoms with van der Waals surface area (Å²) in [5.41, 5.74) is -0.668. The van der Waals surface area contributed by atoms with Crippen molar-refractivity contribution in [2.75, 3.05) is 19.7 Å². The molecule has 1 amide bonds.